The van der Waals surface area contributed by atoms with E-state index in [0.717, 1.165) is 5.56 Å². The predicted octanol–water partition coefficient (Wildman–Crippen LogP) is 1.89. The third kappa shape index (κ3) is 1.59. The fourth-order valence-electron chi connectivity index (χ4n) is 3.08. The van der Waals surface area contributed by atoms with E-state index in [1.165, 1.54) is 0 Å². The highest BCUT2D eigenvalue weighted by Crippen LogP contribution is 2.69. The van der Waals surface area contributed by atoms with E-state index < -0.39 is 17.4 Å². The molecular formula is C15H16O4. The van der Waals surface area contributed by atoms with Crippen LogP contribution in [0.3, 0.4) is 0 Å². The molecule has 1 saturated carbocycles. The summed E-state index contributed by atoms with van der Waals surface area (Å²) in [4.78, 5) is 24.3. The second kappa shape index (κ2) is 4.08. The second-order valence-corrected chi connectivity index (χ2v) is 5.42. The summed E-state index contributed by atoms with van der Waals surface area (Å²) in [6.07, 6.45) is -0.229. The van der Waals surface area contributed by atoms with Crippen LogP contribution in [-0.4, -0.2) is 24.6 Å². The predicted molar refractivity (Wildman–Crippen MR) is 67.3 cm³/mol. The Morgan fingerprint density at radius 2 is 2.05 bits per heavy atom. The van der Waals surface area contributed by atoms with Crippen LogP contribution in [0.4, 0.5) is 0 Å². The van der Waals surface area contributed by atoms with Gasteiger partial charge in [-0.25, -0.2) is 0 Å². The first-order valence-electron chi connectivity index (χ1n) is 6.51. The molecule has 1 saturated heterocycles. The normalized spacial score (nSPS) is 31.8. The number of cyclic esters (lactones) is 1. The first-order chi connectivity index (χ1) is 9.08. The van der Waals surface area contributed by atoms with Crippen molar-refractivity contribution >= 4 is 11.9 Å². The zero-order valence-electron chi connectivity index (χ0n) is 11.0. The molecule has 1 aliphatic carbocycles. The fraction of sp³-hybridized carbons (Fsp3) is 0.467. The van der Waals surface area contributed by atoms with Crippen molar-refractivity contribution in [3.8, 4) is 0 Å². The number of fused-ring (bicyclic) bond motifs is 1. The molecule has 1 aliphatic heterocycles. The SMILES string of the molecule is CC(C)OC(=O)C12C(=O)OCC1C2c1ccccc1. The third-order valence-electron chi connectivity index (χ3n) is 3.94. The van der Waals surface area contributed by atoms with Crippen molar-refractivity contribution in [1.29, 1.82) is 0 Å². The number of ether oxygens (including phenoxy) is 2. The summed E-state index contributed by atoms with van der Waals surface area (Å²) in [6.45, 7) is 3.87. The van der Waals surface area contributed by atoms with E-state index in [1.807, 2.05) is 30.3 Å². The monoisotopic (exact) mass is 260 g/mol. The summed E-state index contributed by atoms with van der Waals surface area (Å²) in [5.41, 5.74) is -0.0871. The molecule has 3 rings (SSSR count). The maximum atomic E-state index is 12.3. The molecule has 0 aromatic heterocycles. The number of hydrogen-bond donors (Lipinski definition) is 0. The van der Waals surface area contributed by atoms with Crippen LogP contribution < -0.4 is 0 Å². The molecule has 1 heterocycles. The lowest BCUT2D eigenvalue weighted by Gasteiger charge is -2.15. The molecule has 4 heteroatoms. The Bertz CT molecular complexity index is 522. The van der Waals surface area contributed by atoms with Crippen molar-refractivity contribution < 1.29 is 19.1 Å². The van der Waals surface area contributed by atoms with Gasteiger partial charge in [0.25, 0.3) is 0 Å². The smallest absolute Gasteiger partial charge is 0.324 e. The maximum absolute atomic E-state index is 12.3. The highest BCUT2D eigenvalue weighted by Gasteiger charge is 2.80. The number of rotatable bonds is 3. The molecule has 100 valence electrons. The maximum Gasteiger partial charge on any atom is 0.324 e. The number of hydrogen-bond acceptors (Lipinski definition) is 4. The fourth-order valence-corrected chi connectivity index (χ4v) is 3.08. The summed E-state index contributed by atoms with van der Waals surface area (Å²) in [5, 5.41) is 0. The Kier molecular flexibility index (Phi) is 2.62. The minimum Gasteiger partial charge on any atom is -0.464 e. The number of carbonyl (C=O) groups is 2. The van der Waals surface area contributed by atoms with E-state index in [1.54, 1.807) is 13.8 Å². The van der Waals surface area contributed by atoms with Gasteiger partial charge in [0.2, 0.25) is 0 Å². The average molecular weight is 260 g/mol. The Morgan fingerprint density at radius 3 is 2.68 bits per heavy atom. The molecule has 2 aliphatic rings. The van der Waals surface area contributed by atoms with Gasteiger partial charge in [0.05, 0.1) is 12.7 Å². The molecule has 1 aromatic rings. The number of carbonyl (C=O) groups excluding carboxylic acids is 2. The Labute approximate surface area is 111 Å². The molecule has 0 amide bonds. The summed E-state index contributed by atoms with van der Waals surface area (Å²) < 4.78 is 10.3. The molecule has 1 aromatic carbocycles. The van der Waals surface area contributed by atoms with Crippen molar-refractivity contribution in [2.24, 2.45) is 11.3 Å². The van der Waals surface area contributed by atoms with Crippen molar-refractivity contribution in [3.63, 3.8) is 0 Å². The summed E-state index contributed by atoms with van der Waals surface area (Å²) in [5.74, 6) is -1.05. The van der Waals surface area contributed by atoms with Crippen LogP contribution in [-0.2, 0) is 19.1 Å². The van der Waals surface area contributed by atoms with Crippen molar-refractivity contribution in [2.75, 3.05) is 6.61 Å². The van der Waals surface area contributed by atoms with Crippen LogP contribution in [0.15, 0.2) is 30.3 Å². The lowest BCUT2D eigenvalue weighted by atomic mass is 9.99. The van der Waals surface area contributed by atoms with Crippen molar-refractivity contribution in [3.05, 3.63) is 35.9 Å². The third-order valence-corrected chi connectivity index (χ3v) is 3.94. The van der Waals surface area contributed by atoms with Gasteiger partial charge >= 0.3 is 11.9 Å². The topological polar surface area (TPSA) is 52.6 Å². The van der Waals surface area contributed by atoms with Gasteiger partial charge in [-0.05, 0) is 19.4 Å². The average Bonchev–Trinajstić information content (AvgIpc) is 2.95. The summed E-state index contributed by atoms with van der Waals surface area (Å²) in [6, 6.07) is 9.63. The van der Waals surface area contributed by atoms with Gasteiger partial charge in [-0.3, -0.25) is 9.59 Å². The van der Waals surface area contributed by atoms with Crippen LogP contribution in [0.1, 0.15) is 25.3 Å². The van der Waals surface area contributed by atoms with Crippen LogP contribution in [0, 0.1) is 11.3 Å². The lowest BCUT2D eigenvalue weighted by Crippen LogP contribution is -2.30. The van der Waals surface area contributed by atoms with Gasteiger partial charge in [-0.15, -0.1) is 0 Å². The van der Waals surface area contributed by atoms with Crippen LogP contribution in [0.5, 0.6) is 0 Å². The lowest BCUT2D eigenvalue weighted by molar-refractivity contribution is -0.163. The number of esters is 2. The first kappa shape index (κ1) is 12.2. The standard InChI is InChI=1S/C15H16O4/c1-9(2)19-14(17)15-11(8-18-13(15)16)12(15)10-6-4-3-5-7-10/h3-7,9,11-12H,8H2,1-2H3. The summed E-state index contributed by atoms with van der Waals surface area (Å²) >= 11 is 0. The second-order valence-electron chi connectivity index (χ2n) is 5.42. The van der Waals surface area contributed by atoms with Gasteiger partial charge in [-0.1, -0.05) is 30.3 Å². The molecule has 19 heavy (non-hydrogen) atoms. The molecule has 4 nitrogen and oxygen atoms in total. The molecule has 2 fully saturated rings. The Hall–Kier alpha value is -1.84. The van der Waals surface area contributed by atoms with Crippen LogP contribution >= 0.6 is 0 Å². The van der Waals surface area contributed by atoms with E-state index >= 15 is 0 Å². The van der Waals surface area contributed by atoms with E-state index in [9.17, 15) is 9.59 Å². The molecule has 0 spiro atoms. The van der Waals surface area contributed by atoms with Gasteiger partial charge in [0.1, 0.15) is 0 Å². The zero-order chi connectivity index (χ0) is 13.6. The Balaban J connectivity index is 1.93. The quantitative estimate of drug-likeness (QED) is 0.615. The first-order valence-corrected chi connectivity index (χ1v) is 6.51. The van der Waals surface area contributed by atoms with Crippen molar-refractivity contribution in [2.45, 2.75) is 25.9 Å². The molecule has 0 radical (unpaired) electrons. The van der Waals surface area contributed by atoms with Gasteiger partial charge in [0.15, 0.2) is 5.41 Å². The van der Waals surface area contributed by atoms with E-state index in [2.05, 4.69) is 0 Å². The summed E-state index contributed by atoms with van der Waals surface area (Å²) in [7, 11) is 0. The highest BCUT2D eigenvalue weighted by atomic mass is 16.6. The molecule has 3 atom stereocenters. The molecule has 3 unspecified atom stereocenters. The van der Waals surface area contributed by atoms with E-state index in [0.29, 0.717) is 6.61 Å². The van der Waals surface area contributed by atoms with Gasteiger partial charge in [-0.2, -0.15) is 0 Å². The van der Waals surface area contributed by atoms with Gasteiger partial charge in [0, 0.05) is 11.8 Å². The molecule has 0 bridgehead atoms. The molecular weight excluding hydrogens is 244 g/mol. The zero-order valence-corrected chi connectivity index (χ0v) is 11.0. The van der Waals surface area contributed by atoms with Gasteiger partial charge < -0.3 is 9.47 Å². The molecule has 0 N–H and O–H groups in total. The number of benzene rings is 1. The van der Waals surface area contributed by atoms with Crippen LogP contribution in [0.25, 0.3) is 0 Å². The van der Waals surface area contributed by atoms with Crippen molar-refractivity contribution in [1.82, 2.24) is 0 Å². The van der Waals surface area contributed by atoms with E-state index in [-0.39, 0.29) is 17.9 Å². The Morgan fingerprint density at radius 1 is 1.37 bits per heavy atom. The minimum absolute atomic E-state index is 0.0753. The minimum atomic E-state index is -1.09. The van der Waals surface area contributed by atoms with E-state index in [4.69, 9.17) is 9.47 Å². The largest absolute Gasteiger partial charge is 0.464 e. The highest BCUT2D eigenvalue weighted by molar-refractivity contribution is 6.07. The van der Waals surface area contributed by atoms with Crippen LogP contribution in [0.2, 0.25) is 0 Å².